The van der Waals surface area contributed by atoms with Crippen LogP contribution in [0.4, 0.5) is 0 Å². The molecule has 0 rings (SSSR count). The number of unbranched alkanes of at least 4 members (excludes halogenated alkanes) is 5. The molecule has 0 aromatic heterocycles. The van der Waals surface area contributed by atoms with Gasteiger partial charge in [0.2, 0.25) is 0 Å². The Labute approximate surface area is 109 Å². The monoisotopic (exact) mass is 240 g/mol. The van der Waals surface area contributed by atoms with Crippen molar-refractivity contribution in [3.63, 3.8) is 0 Å². The second-order valence-electron chi connectivity index (χ2n) is 4.88. The van der Waals surface area contributed by atoms with Gasteiger partial charge in [0.05, 0.1) is 12.4 Å². The molecule has 1 unspecified atom stereocenters. The molecule has 1 heteroatoms. The van der Waals surface area contributed by atoms with Crippen LogP contribution in [0.5, 0.6) is 0 Å². The van der Waals surface area contributed by atoms with Crippen LogP contribution in [0, 0.1) is 0 Å². The van der Waals surface area contributed by atoms with Crippen molar-refractivity contribution in [1.82, 2.24) is 0 Å². The van der Waals surface area contributed by atoms with Crippen molar-refractivity contribution in [2.24, 2.45) is 0 Å². The Morgan fingerprint density at radius 1 is 0.824 bits per heavy atom. The second kappa shape index (κ2) is 13.6. The molecule has 0 bridgehead atoms. The van der Waals surface area contributed by atoms with E-state index in [2.05, 4.69) is 26.8 Å². The van der Waals surface area contributed by atoms with Crippen LogP contribution in [-0.2, 0) is 4.74 Å². The lowest BCUT2D eigenvalue weighted by atomic mass is 10.0. The highest BCUT2D eigenvalue weighted by Gasteiger charge is 2.06. The highest BCUT2D eigenvalue weighted by atomic mass is 16.5. The molecule has 0 fully saturated rings. The first kappa shape index (κ1) is 16.5. The molecule has 0 amide bonds. The van der Waals surface area contributed by atoms with Gasteiger partial charge in [-0.15, -0.1) is 0 Å². The van der Waals surface area contributed by atoms with E-state index < -0.39 is 0 Å². The SMILES string of the molecule is CC/C=C/OC(CCC)CCCCCCCC. The molecule has 0 saturated heterocycles. The third-order valence-electron chi connectivity index (χ3n) is 3.09. The number of rotatable bonds is 12. The van der Waals surface area contributed by atoms with Gasteiger partial charge in [-0.3, -0.25) is 0 Å². The van der Waals surface area contributed by atoms with E-state index in [1.54, 1.807) is 0 Å². The molecule has 102 valence electrons. The molecule has 1 atom stereocenters. The summed E-state index contributed by atoms with van der Waals surface area (Å²) in [6.45, 7) is 6.65. The first-order chi connectivity index (χ1) is 8.35. The highest BCUT2D eigenvalue weighted by molar-refractivity contribution is 4.73. The third-order valence-corrected chi connectivity index (χ3v) is 3.09. The summed E-state index contributed by atoms with van der Waals surface area (Å²) >= 11 is 0. The van der Waals surface area contributed by atoms with Gasteiger partial charge in [0.15, 0.2) is 0 Å². The van der Waals surface area contributed by atoms with Crippen molar-refractivity contribution in [1.29, 1.82) is 0 Å². The fourth-order valence-corrected chi connectivity index (χ4v) is 2.02. The van der Waals surface area contributed by atoms with Crippen LogP contribution >= 0.6 is 0 Å². The Kier molecular flexibility index (Phi) is 13.2. The van der Waals surface area contributed by atoms with Crippen LogP contribution in [0.25, 0.3) is 0 Å². The topological polar surface area (TPSA) is 9.23 Å². The van der Waals surface area contributed by atoms with Crippen LogP contribution in [0.1, 0.15) is 85.0 Å². The minimum absolute atomic E-state index is 0.453. The Morgan fingerprint density at radius 3 is 2.18 bits per heavy atom. The Bertz CT molecular complexity index is 163. The van der Waals surface area contributed by atoms with E-state index in [-0.39, 0.29) is 0 Å². The quantitative estimate of drug-likeness (QED) is 0.307. The van der Waals surface area contributed by atoms with Crippen LogP contribution in [0.3, 0.4) is 0 Å². The minimum atomic E-state index is 0.453. The van der Waals surface area contributed by atoms with Gasteiger partial charge < -0.3 is 4.74 Å². The van der Waals surface area contributed by atoms with Gasteiger partial charge in [0.1, 0.15) is 0 Å². The van der Waals surface area contributed by atoms with Gasteiger partial charge in [-0.2, -0.15) is 0 Å². The number of hydrogen-bond donors (Lipinski definition) is 0. The summed E-state index contributed by atoms with van der Waals surface area (Å²) in [5, 5.41) is 0. The van der Waals surface area contributed by atoms with E-state index in [1.165, 1.54) is 57.8 Å². The summed E-state index contributed by atoms with van der Waals surface area (Å²) in [7, 11) is 0. The van der Waals surface area contributed by atoms with Crippen LogP contribution in [0.15, 0.2) is 12.3 Å². The number of hydrogen-bond acceptors (Lipinski definition) is 1. The average Bonchev–Trinajstić information content (AvgIpc) is 2.34. The van der Waals surface area contributed by atoms with Crippen molar-refractivity contribution in [3.05, 3.63) is 12.3 Å². The standard InChI is InChI=1S/C16H32O/c1-4-7-9-10-11-12-14-16(13-6-3)17-15-8-5-2/h8,15-16H,4-7,9-14H2,1-3H3/b15-8+. The zero-order chi connectivity index (χ0) is 12.8. The normalized spacial score (nSPS) is 13.1. The smallest absolute Gasteiger partial charge is 0.0978 e. The van der Waals surface area contributed by atoms with Crippen molar-refractivity contribution in [2.45, 2.75) is 91.1 Å². The predicted molar refractivity (Wildman–Crippen MR) is 77.2 cm³/mol. The number of ether oxygens (including phenoxy) is 1. The highest BCUT2D eigenvalue weighted by Crippen LogP contribution is 2.14. The zero-order valence-corrected chi connectivity index (χ0v) is 12.2. The molecule has 0 N–H and O–H groups in total. The van der Waals surface area contributed by atoms with Crippen molar-refractivity contribution in [2.75, 3.05) is 0 Å². The Morgan fingerprint density at radius 2 is 1.53 bits per heavy atom. The molecule has 0 saturated carbocycles. The van der Waals surface area contributed by atoms with Crippen molar-refractivity contribution >= 4 is 0 Å². The van der Waals surface area contributed by atoms with Gasteiger partial charge >= 0.3 is 0 Å². The molecule has 0 aromatic rings. The largest absolute Gasteiger partial charge is 0.498 e. The third kappa shape index (κ3) is 11.8. The lowest BCUT2D eigenvalue weighted by Crippen LogP contribution is -2.09. The molecule has 0 radical (unpaired) electrons. The average molecular weight is 240 g/mol. The van der Waals surface area contributed by atoms with Crippen LogP contribution in [0.2, 0.25) is 0 Å². The van der Waals surface area contributed by atoms with E-state index in [1.807, 2.05) is 6.26 Å². The molecule has 0 aliphatic carbocycles. The molecule has 17 heavy (non-hydrogen) atoms. The first-order valence-corrected chi connectivity index (χ1v) is 7.65. The summed E-state index contributed by atoms with van der Waals surface area (Å²) in [6, 6.07) is 0. The maximum absolute atomic E-state index is 5.77. The zero-order valence-electron chi connectivity index (χ0n) is 12.2. The molecule has 1 nitrogen and oxygen atoms in total. The molecule has 0 aromatic carbocycles. The molecule has 0 aliphatic heterocycles. The first-order valence-electron chi connectivity index (χ1n) is 7.65. The predicted octanol–water partition coefficient (Wildman–Crippen LogP) is 5.85. The van der Waals surface area contributed by atoms with Gasteiger partial charge in [-0.1, -0.05) is 65.4 Å². The van der Waals surface area contributed by atoms with Crippen LogP contribution in [-0.4, -0.2) is 6.10 Å². The van der Waals surface area contributed by atoms with Crippen molar-refractivity contribution in [3.8, 4) is 0 Å². The van der Waals surface area contributed by atoms with E-state index in [9.17, 15) is 0 Å². The van der Waals surface area contributed by atoms with Gasteiger partial charge in [-0.25, -0.2) is 0 Å². The van der Waals surface area contributed by atoms with Crippen LogP contribution < -0.4 is 0 Å². The molecule has 0 spiro atoms. The Balaban J connectivity index is 3.51. The van der Waals surface area contributed by atoms with E-state index in [4.69, 9.17) is 4.74 Å². The molecular weight excluding hydrogens is 208 g/mol. The second-order valence-corrected chi connectivity index (χ2v) is 4.88. The fraction of sp³-hybridized carbons (Fsp3) is 0.875. The lowest BCUT2D eigenvalue weighted by molar-refractivity contribution is 0.122. The van der Waals surface area contributed by atoms with Crippen molar-refractivity contribution < 1.29 is 4.74 Å². The fourth-order valence-electron chi connectivity index (χ4n) is 2.02. The Hall–Kier alpha value is -0.460. The maximum Gasteiger partial charge on any atom is 0.0978 e. The molecule has 0 aliphatic rings. The number of allylic oxidation sites excluding steroid dienone is 1. The summed E-state index contributed by atoms with van der Waals surface area (Å²) in [5.41, 5.74) is 0. The van der Waals surface area contributed by atoms with Gasteiger partial charge in [0.25, 0.3) is 0 Å². The minimum Gasteiger partial charge on any atom is -0.498 e. The summed E-state index contributed by atoms with van der Waals surface area (Å²) in [5.74, 6) is 0. The summed E-state index contributed by atoms with van der Waals surface area (Å²) in [4.78, 5) is 0. The van der Waals surface area contributed by atoms with E-state index in [0.29, 0.717) is 6.10 Å². The summed E-state index contributed by atoms with van der Waals surface area (Å²) in [6.07, 6.45) is 17.4. The maximum atomic E-state index is 5.77. The van der Waals surface area contributed by atoms with Gasteiger partial charge in [0, 0.05) is 0 Å². The van der Waals surface area contributed by atoms with Gasteiger partial charge in [-0.05, 0) is 25.7 Å². The lowest BCUT2D eigenvalue weighted by Gasteiger charge is -2.15. The van der Waals surface area contributed by atoms with E-state index >= 15 is 0 Å². The molecule has 0 heterocycles. The van der Waals surface area contributed by atoms with E-state index in [0.717, 1.165) is 6.42 Å². The molecular formula is C16H32O. The summed E-state index contributed by atoms with van der Waals surface area (Å²) < 4.78 is 5.77.